The maximum Gasteiger partial charge on any atom is 0.0477 e. The number of hydrogen-bond donors (Lipinski definition) is 1. The van der Waals surface area contributed by atoms with Gasteiger partial charge < -0.3 is 15.4 Å². The standard InChI is InChI=1S/C14H24N2O/c1-4-16(11-13(15)8-9-17-3)14-7-5-6-12(2)10-14/h5-7,10,13H,4,8-9,11,15H2,1-3H3. The number of methoxy groups -OCH3 is 1. The maximum absolute atomic E-state index is 6.09. The summed E-state index contributed by atoms with van der Waals surface area (Å²) in [4.78, 5) is 2.31. The summed E-state index contributed by atoms with van der Waals surface area (Å²) in [6.07, 6.45) is 0.902. The zero-order chi connectivity index (χ0) is 12.7. The average Bonchev–Trinajstić information content (AvgIpc) is 2.33. The predicted molar refractivity (Wildman–Crippen MR) is 73.5 cm³/mol. The number of nitrogens with two attached hydrogens (primary N) is 1. The number of likely N-dealkylation sites (N-methyl/N-ethyl adjacent to an activating group) is 1. The number of hydrogen-bond acceptors (Lipinski definition) is 3. The molecule has 0 bridgehead atoms. The lowest BCUT2D eigenvalue weighted by atomic mass is 10.1. The second-order valence-corrected chi connectivity index (χ2v) is 4.42. The Labute approximate surface area is 105 Å². The molecule has 0 aliphatic rings. The van der Waals surface area contributed by atoms with Gasteiger partial charge in [-0.1, -0.05) is 12.1 Å². The van der Waals surface area contributed by atoms with Gasteiger partial charge in [0.05, 0.1) is 0 Å². The minimum absolute atomic E-state index is 0.162. The van der Waals surface area contributed by atoms with Crippen LogP contribution in [0.3, 0.4) is 0 Å². The zero-order valence-electron chi connectivity index (χ0n) is 11.1. The van der Waals surface area contributed by atoms with E-state index in [1.807, 2.05) is 0 Å². The fourth-order valence-electron chi connectivity index (χ4n) is 1.89. The van der Waals surface area contributed by atoms with Crippen LogP contribution in [0, 0.1) is 6.92 Å². The van der Waals surface area contributed by atoms with Crippen LogP contribution in [0.5, 0.6) is 0 Å². The number of ether oxygens (including phenoxy) is 1. The highest BCUT2D eigenvalue weighted by molar-refractivity contribution is 5.48. The number of benzene rings is 1. The van der Waals surface area contributed by atoms with E-state index in [1.54, 1.807) is 7.11 Å². The first-order valence-electron chi connectivity index (χ1n) is 6.23. The van der Waals surface area contributed by atoms with E-state index >= 15 is 0 Å². The summed E-state index contributed by atoms with van der Waals surface area (Å²) in [6.45, 7) is 6.85. The van der Waals surface area contributed by atoms with Gasteiger partial charge in [-0.15, -0.1) is 0 Å². The highest BCUT2D eigenvalue weighted by Gasteiger charge is 2.09. The molecule has 0 heterocycles. The van der Waals surface area contributed by atoms with Gasteiger partial charge in [0, 0.05) is 38.5 Å². The van der Waals surface area contributed by atoms with Gasteiger partial charge in [-0.3, -0.25) is 0 Å². The van der Waals surface area contributed by atoms with Gasteiger partial charge in [-0.25, -0.2) is 0 Å². The summed E-state index contributed by atoms with van der Waals surface area (Å²) in [6, 6.07) is 8.71. The third kappa shape index (κ3) is 4.75. The highest BCUT2D eigenvalue weighted by atomic mass is 16.5. The van der Waals surface area contributed by atoms with Gasteiger partial charge in [0.15, 0.2) is 0 Å². The van der Waals surface area contributed by atoms with Crippen molar-refractivity contribution in [1.82, 2.24) is 0 Å². The maximum atomic E-state index is 6.09. The van der Waals surface area contributed by atoms with Gasteiger partial charge in [-0.2, -0.15) is 0 Å². The van der Waals surface area contributed by atoms with Gasteiger partial charge >= 0.3 is 0 Å². The number of aryl methyl sites for hydroxylation is 1. The number of nitrogens with zero attached hydrogens (tertiary/aromatic N) is 1. The first-order chi connectivity index (χ1) is 8.17. The molecule has 0 aliphatic carbocycles. The molecule has 0 spiro atoms. The van der Waals surface area contributed by atoms with Crippen molar-refractivity contribution in [1.29, 1.82) is 0 Å². The predicted octanol–water partition coefficient (Wildman–Crippen LogP) is 2.19. The molecule has 17 heavy (non-hydrogen) atoms. The van der Waals surface area contributed by atoms with Gasteiger partial charge in [0.1, 0.15) is 0 Å². The Hall–Kier alpha value is -1.06. The van der Waals surface area contributed by atoms with Crippen LogP contribution < -0.4 is 10.6 Å². The fraction of sp³-hybridized carbons (Fsp3) is 0.571. The van der Waals surface area contributed by atoms with E-state index in [0.717, 1.165) is 26.1 Å². The summed E-state index contributed by atoms with van der Waals surface area (Å²) in [5, 5.41) is 0. The van der Waals surface area contributed by atoms with Crippen molar-refractivity contribution in [3.05, 3.63) is 29.8 Å². The molecule has 0 fully saturated rings. The summed E-state index contributed by atoms with van der Waals surface area (Å²) >= 11 is 0. The van der Waals surface area contributed by atoms with Crippen molar-refractivity contribution < 1.29 is 4.74 Å². The molecular weight excluding hydrogens is 212 g/mol. The van der Waals surface area contributed by atoms with Gasteiger partial charge in [0.2, 0.25) is 0 Å². The van der Waals surface area contributed by atoms with Crippen LogP contribution in [0.15, 0.2) is 24.3 Å². The lowest BCUT2D eigenvalue weighted by molar-refractivity contribution is 0.188. The molecule has 1 aromatic carbocycles. The molecule has 0 radical (unpaired) electrons. The smallest absolute Gasteiger partial charge is 0.0477 e. The van der Waals surface area contributed by atoms with Crippen LogP contribution in [-0.2, 0) is 4.74 Å². The molecule has 0 amide bonds. The fourth-order valence-corrected chi connectivity index (χ4v) is 1.89. The van der Waals surface area contributed by atoms with E-state index in [-0.39, 0.29) is 6.04 Å². The Balaban J connectivity index is 2.59. The zero-order valence-corrected chi connectivity index (χ0v) is 11.1. The molecule has 0 saturated heterocycles. The molecule has 3 nitrogen and oxygen atoms in total. The Morgan fingerprint density at radius 2 is 2.18 bits per heavy atom. The van der Waals surface area contributed by atoms with Crippen LogP contribution in [-0.4, -0.2) is 32.8 Å². The second-order valence-electron chi connectivity index (χ2n) is 4.42. The van der Waals surface area contributed by atoms with Crippen LogP contribution in [0.2, 0.25) is 0 Å². The van der Waals surface area contributed by atoms with E-state index in [0.29, 0.717) is 0 Å². The van der Waals surface area contributed by atoms with E-state index in [9.17, 15) is 0 Å². The van der Waals surface area contributed by atoms with Crippen LogP contribution in [0.4, 0.5) is 5.69 Å². The largest absolute Gasteiger partial charge is 0.385 e. The quantitative estimate of drug-likeness (QED) is 0.788. The summed E-state index contributed by atoms with van der Waals surface area (Å²) in [5.41, 5.74) is 8.62. The molecule has 0 aliphatic heterocycles. The monoisotopic (exact) mass is 236 g/mol. The Bertz CT molecular complexity index is 328. The van der Waals surface area contributed by atoms with Crippen molar-refractivity contribution in [3.8, 4) is 0 Å². The van der Waals surface area contributed by atoms with Crippen LogP contribution >= 0.6 is 0 Å². The Kier molecular flexibility index (Phi) is 6.01. The van der Waals surface area contributed by atoms with Crippen LogP contribution in [0.25, 0.3) is 0 Å². The van der Waals surface area contributed by atoms with E-state index < -0.39 is 0 Å². The summed E-state index contributed by atoms with van der Waals surface area (Å²) in [5.74, 6) is 0. The molecule has 0 saturated carbocycles. The van der Waals surface area contributed by atoms with Gasteiger partial charge in [-0.05, 0) is 38.0 Å². The molecule has 1 atom stereocenters. The van der Waals surface area contributed by atoms with E-state index in [2.05, 4.69) is 43.0 Å². The molecule has 0 aromatic heterocycles. The first kappa shape index (κ1) is 14.0. The minimum Gasteiger partial charge on any atom is -0.385 e. The number of anilines is 1. The third-order valence-electron chi connectivity index (χ3n) is 2.90. The summed E-state index contributed by atoms with van der Waals surface area (Å²) in [7, 11) is 1.71. The normalized spacial score (nSPS) is 12.5. The second kappa shape index (κ2) is 7.30. The highest BCUT2D eigenvalue weighted by Crippen LogP contribution is 2.16. The molecule has 1 unspecified atom stereocenters. The lowest BCUT2D eigenvalue weighted by Crippen LogP contribution is -2.38. The average molecular weight is 236 g/mol. The van der Waals surface area contributed by atoms with Crippen molar-refractivity contribution >= 4 is 5.69 Å². The molecule has 2 N–H and O–H groups in total. The molecule has 1 rings (SSSR count). The third-order valence-corrected chi connectivity index (χ3v) is 2.90. The Morgan fingerprint density at radius 3 is 2.76 bits per heavy atom. The van der Waals surface area contributed by atoms with E-state index in [4.69, 9.17) is 10.5 Å². The SMILES string of the molecule is CCN(CC(N)CCOC)c1cccc(C)c1. The van der Waals surface area contributed by atoms with Crippen molar-refractivity contribution in [2.75, 3.05) is 31.7 Å². The van der Waals surface area contributed by atoms with Crippen LogP contribution in [0.1, 0.15) is 18.9 Å². The van der Waals surface area contributed by atoms with Gasteiger partial charge in [0.25, 0.3) is 0 Å². The van der Waals surface area contributed by atoms with E-state index in [1.165, 1.54) is 11.3 Å². The summed E-state index contributed by atoms with van der Waals surface area (Å²) < 4.78 is 5.05. The molecule has 1 aromatic rings. The van der Waals surface area contributed by atoms with Crippen molar-refractivity contribution in [2.24, 2.45) is 5.73 Å². The van der Waals surface area contributed by atoms with Crippen molar-refractivity contribution in [3.63, 3.8) is 0 Å². The Morgan fingerprint density at radius 1 is 1.41 bits per heavy atom. The first-order valence-corrected chi connectivity index (χ1v) is 6.23. The molecular formula is C14H24N2O. The topological polar surface area (TPSA) is 38.5 Å². The number of rotatable bonds is 7. The minimum atomic E-state index is 0.162. The lowest BCUT2D eigenvalue weighted by Gasteiger charge is -2.26. The molecule has 3 heteroatoms. The van der Waals surface area contributed by atoms with Crippen molar-refractivity contribution in [2.45, 2.75) is 26.3 Å². The molecule has 96 valence electrons.